The molecule has 3 aromatic rings. The monoisotopic (exact) mass is 394 g/mol. The maximum Gasteiger partial charge on any atom is 0.240 e. The normalized spacial score (nSPS) is 13.3. The summed E-state index contributed by atoms with van der Waals surface area (Å²) in [5, 5.41) is 0. The molecule has 4 rings (SSSR count). The molecular formula is C22H22N2O3S. The third kappa shape index (κ3) is 4.40. The van der Waals surface area contributed by atoms with Crippen LogP contribution in [0.5, 0.6) is 5.75 Å². The standard InChI is InChI=1S/C22H22N2O3S/c25-28(26,22-11-10-18-6-4-7-19(18)14-22)24-15-17-5-3-9-21(13-17)27-16-20-8-1-2-12-23-20/h1-3,5,8-14,24H,4,6-7,15-16H2. The van der Waals surface area contributed by atoms with Crippen LogP contribution in [0.3, 0.4) is 0 Å². The SMILES string of the molecule is O=S(=O)(NCc1cccc(OCc2ccccn2)c1)c1ccc2c(c1)CCC2. The van der Waals surface area contributed by atoms with Gasteiger partial charge in [-0.15, -0.1) is 0 Å². The van der Waals surface area contributed by atoms with Gasteiger partial charge < -0.3 is 4.74 Å². The highest BCUT2D eigenvalue weighted by atomic mass is 32.2. The van der Waals surface area contributed by atoms with Crippen molar-refractivity contribution in [1.82, 2.24) is 9.71 Å². The molecule has 1 N–H and O–H groups in total. The Hall–Kier alpha value is -2.70. The number of ether oxygens (including phenoxy) is 1. The van der Waals surface area contributed by atoms with E-state index in [-0.39, 0.29) is 6.54 Å². The smallest absolute Gasteiger partial charge is 0.240 e. The summed E-state index contributed by atoms with van der Waals surface area (Å²) in [6.45, 7) is 0.575. The number of hydrogen-bond donors (Lipinski definition) is 1. The van der Waals surface area contributed by atoms with Crippen molar-refractivity contribution in [3.63, 3.8) is 0 Å². The minimum absolute atomic E-state index is 0.209. The first-order chi connectivity index (χ1) is 13.6. The lowest BCUT2D eigenvalue weighted by Crippen LogP contribution is -2.23. The number of aromatic nitrogens is 1. The predicted molar refractivity (Wildman–Crippen MR) is 108 cm³/mol. The maximum atomic E-state index is 12.7. The number of nitrogens with zero attached hydrogens (tertiary/aromatic N) is 1. The third-order valence-electron chi connectivity index (χ3n) is 4.86. The van der Waals surface area contributed by atoms with E-state index in [0.29, 0.717) is 17.3 Å². The fraction of sp³-hybridized carbons (Fsp3) is 0.227. The van der Waals surface area contributed by atoms with Gasteiger partial charge in [0.2, 0.25) is 10.0 Å². The van der Waals surface area contributed by atoms with Gasteiger partial charge in [0.25, 0.3) is 0 Å². The second kappa shape index (κ2) is 8.12. The van der Waals surface area contributed by atoms with Crippen molar-refractivity contribution in [2.45, 2.75) is 37.3 Å². The summed E-state index contributed by atoms with van der Waals surface area (Å²) in [6.07, 6.45) is 4.81. The molecule has 1 aromatic heterocycles. The number of benzene rings is 2. The lowest BCUT2D eigenvalue weighted by atomic mass is 10.1. The summed E-state index contributed by atoms with van der Waals surface area (Å²) in [5.41, 5.74) is 4.08. The Balaban J connectivity index is 1.40. The van der Waals surface area contributed by atoms with E-state index in [0.717, 1.165) is 36.1 Å². The highest BCUT2D eigenvalue weighted by molar-refractivity contribution is 7.89. The van der Waals surface area contributed by atoms with E-state index < -0.39 is 10.0 Å². The van der Waals surface area contributed by atoms with Gasteiger partial charge in [-0.25, -0.2) is 13.1 Å². The summed E-state index contributed by atoms with van der Waals surface area (Å²) in [6, 6.07) is 18.5. The fourth-order valence-corrected chi connectivity index (χ4v) is 4.43. The molecule has 1 aliphatic carbocycles. The van der Waals surface area contributed by atoms with Crippen molar-refractivity contribution < 1.29 is 13.2 Å². The van der Waals surface area contributed by atoms with Crippen LogP contribution in [-0.4, -0.2) is 13.4 Å². The summed E-state index contributed by atoms with van der Waals surface area (Å²) < 4.78 is 33.7. The number of aryl methyl sites for hydroxylation is 2. The van der Waals surface area contributed by atoms with Gasteiger partial charge in [0.15, 0.2) is 0 Å². The third-order valence-corrected chi connectivity index (χ3v) is 6.26. The van der Waals surface area contributed by atoms with E-state index in [1.807, 2.05) is 48.5 Å². The van der Waals surface area contributed by atoms with Crippen LogP contribution < -0.4 is 9.46 Å². The predicted octanol–water partition coefficient (Wildman–Crippen LogP) is 3.63. The van der Waals surface area contributed by atoms with E-state index in [1.54, 1.807) is 18.3 Å². The zero-order chi connectivity index (χ0) is 19.4. The van der Waals surface area contributed by atoms with Crippen molar-refractivity contribution in [3.05, 3.63) is 89.2 Å². The van der Waals surface area contributed by atoms with Crippen LogP contribution in [-0.2, 0) is 36.0 Å². The first-order valence-corrected chi connectivity index (χ1v) is 10.8. The number of rotatable bonds is 7. The lowest BCUT2D eigenvalue weighted by molar-refractivity contribution is 0.301. The lowest BCUT2D eigenvalue weighted by Gasteiger charge is -2.10. The first-order valence-electron chi connectivity index (χ1n) is 9.33. The topological polar surface area (TPSA) is 68.3 Å². The van der Waals surface area contributed by atoms with Gasteiger partial charge >= 0.3 is 0 Å². The molecular weight excluding hydrogens is 372 g/mol. The molecule has 0 fully saturated rings. The van der Waals surface area contributed by atoms with Gasteiger partial charge in [0, 0.05) is 12.7 Å². The average Bonchev–Trinajstić information content (AvgIpc) is 3.20. The van der Waals surface area contributed by atoms with Crippen molar-refractivity contribution in [3.8, 4) is 5.75 Å². The van der Waals surface area contributed by atoms with Crippen LogP contribution in [0.25, 0.3) is 0 Å². The van der Waals surface area contributed by atoms with Gasteiger partial charge in [0.1, 0.15) is 12.4 Å². The Kier molecular flexibility index (Phi) is 5.41. The van der Waals surface area contributed by atoms with Crippen molar-refractivity contribution in [1.29, 1.82) is 0 Å². The molecule has 0 bridgehead atoms. The van der Waals surface area contributed by atoms with Gasteiger partial charge in [-0.05, 0) is 72.4 Å². The molecule has 0 spiro atoms. The number of hydrogen-bond acceptors (Lipinski definition) is 4. The van der Waals surface area contributed by atoms with Crippen LogP contribution in [0, 0.1) is 0 Å². The Bertz CT molecular complexity index is 1070. The fourth-order valence-electron chi connectivity index (χ4n) is 3.36. The first kappa shape index (κ1) is 18.7. The molecule has 28 heavy (non-hydrogen) atoms. The molecule has 144 valence electrons. The van der Waals surface area contributed by atoms with Crippen LogP contribution in [0.15, 0.2) is 71.8 Å². The molecule has 0 aliphatic heterocycles. The second-order valence-electron chi connectivity index (χ2n) is 6.87. The highest BCUT2D eigenvalue weighted by Gasteiger charge is 2.18. The van der Waals surface area contributed by atoms with E-state index in [1.165, 1.54) is 5.56 Å². The van der Waals surface area contributed by atoms with Crippen molar-refractivity contribution in [2.24, 2.45) is 0 Å². The molecule has 0 saturated carbocycles. The number of sulfonamides is 1. The molecule has 1 heterocycles. The molecule has 0 unspecified atom stereocenters. The van der Waals surface area contributed by atoms with Crippen molar-refractivity contribution >= 4 is 10.0 Å². The van der Waals surface area contributed by atoms with Gasteiger partial charge in [-0.3, -0.25) is 4.98 Å². The maximum absolute atomic E-state index is 12.7. The Morgan fingerprint density at radius 1 is 0.964 bits per heavy atom. The molecule has 0 saturated heterocycles. The van der Waals surface area contributed by atoms with Gasteiger partial charge in [-0.1, -0.05) is 24.3 Å². The average molecular weight is 394 g/mol. The van der Waals surface area contributed by atoms with Crippen LogP contribution in [0.1, 0.15) is 28.8 Å². The highest BCUT2D eigenvalue weighted by Crippen LogP contribution is 2.25. The molecule has 5 nitrogen and oxygen atoms in total. The van der Waals surface area contributed by atoms with Crippen LogP contribution >= 0.6 is 0 Å². The van der Waals surface area contributed by atoms with E-state index in [4.69, 9.17) is 4.74 Å². The second-order valence-corrected chi connectivity index (χ2v) is 8.63. The largest absolute Gasteiger partial charge is 0.487 e. The summed E-state index contributed by atoms with van der Waals surface area (Å²) in [5.74, 6) is 0.680. The molecule has 1 aliphatic rings. The van der Waals surface area contributed by atoms with Gasteiger partial charge in [0.05, 0.1) is 10.6 Å². The summed E-state index contributed by atoms with van der Waals surface area (Å²) in [4.78, 5) is 4.56. The zero-order valence-corrected chi connectivity index (χ0v) is 16.3. The molecule has 0 atom stereocenters. The van der Waals surface area contributed by atoms with Crippen molar-refractivity contribution in [2.75, 3.05) is 0 Å². The molecule has 6 heteroatoms. The molecule has 0 amide bonds. The summed E-state index contributed by atoms with van der Waals surface area (Å²) >= 11 is 0. The minimum Gasteiger partial charge on any atom is -0.487 e. The number of pyridine rings is 1. The molecule has 2 aromatic carbocycles. The Labute approximate surface area is 165 Å². The van der Waals surface area contributed by atoms with E-state index in [9.17, 15) is 8.42 Å². The minimum atomic E-state index is -3.55. The van der Waals surface area contributed by atoms with E-state index >= 15 is 0 Å². The van der Waals surface area contributed by atoms with Crippen LogP contribution in [0.4, 0.5) is 0 Å². The Morgan fingerprint density at radius 2 is 1.86 bits per heavy atom. The zero-order valence-electron chi connectivity index (χ0n) is 15.5. The van der Waals surface area contributed by atoms with E-state index in [2.05, 4.69) is 9.71 Å². The summed E-state index contributed by atoms with van der Waals surface area (Å²) in [7, 11) is -3.55. The Morgan fingerprint density at radius 3 is 2.71 bits per heavy atom. The quantitative estimate of drug-likeness (QED) is 0.664. The molecule has 0 radical (unpaired) electrons. The van der Waals surface area contributed by atoms with Gasteiger partial charge in [-0.2, -0.15) is 0 Å². The number of fused-ring (bicyclic) bond motifs is 1. The van der Waals surface area contributed by atoms with Crippen LogP contribution in [0.2, 0.25) is 0 Å². The number of nitrogens with one attached hydrogen (secondary N) is 1.